The predicted molar refractivity (Wildman–Crippen MR) is 53.5 cm³/mol. The molecule has 14 heavy (non-hydrogen) atoms. The highest BCUT2D eigenvalue weighted by molar-refractivity contribution is 7.09. The van der Waals surface area contributed by atoms with Gasteiger partial charge in [0.15, 0.2) is 0 Å². The average molecular weight is 210 g/mol. The van der Waals surface area contributed by atoms with Gasteiger partial charge in [0.1, 0.15) is 11.6 Å². The van der Waals surface area contributed by atoms with Crippen LogP contribution in [0.2, 0.25) is 0 Å². The second-order valence-electron chi connectivity index (χ2n) is 2.99. The predicted octanol–water partition coefficient (Wildman–Crippen LogP) is 3.62. The Kier molecular flexibility index (Phi) is 2.59. The van der Waals surface area contributed by atoms with Crippen molar-refractivity contribution in [3.05, 3.63) is 57.8 Å². The van der Waals surface area contributed by atoms with Gasteiger partial charge < -0.3 is 0 Å². The van der Waals surface area contributed by atoms with Crippen LogP contribution in [0, 0.1) is 11.6 Å². The largest absolute Gasteiger partial charge is 0.207 e. The molecule has 1 aromatic heterocycles. The van der Waals surface area contributed by atoms with Gasteiger partial charge in [-0.15, -0.1) is 11.3 Å². The summed E-state index contributed by atoms with van der Waals surface area (Å²) in [6.45, 7) is 0. The van der Waals surface area contributed by atoms with Gasteiger partial charge in [0.05, 0.1) is 0 Å². The molecular formula is C11H8F2S. The second-order valence-corrected chi connectivity index (χ2v) is 4.02. The van der Waals surface area contributed by atoms with Crippen molar-refractivity contribution in [2.75, 3.05) is 0 Å². The minimum atomic E-state index is -0.391. The Hall–Kier alpha value is -1.22. The van der Waals surface area contributed by atoms with Crippen molar-refractivity contribution in [1.29, 1.82) is 0 Å². The summed E-state index contributed by atoms with van der Waals surface area (Å²) in [6.07, 6.45) is 0.460. The monoisotopic (exact) mass is 210 g/mol. The summed E-state index contributed by atoms with van der Waals surface area (Å²) < 4.78 is 26.0. The molecule has 0 atom stereocenters. The Balaban J connectivity index is 2.28. The molecule has 2 rings (SSSR count). The van der Waals surface area contributed by atoms with Crippen LogP contribution in [0.15, 0.2) is 35.7 Å². The maximum atomic E-state index is 13.2. The van der Waals surface area contributed by atoms with Crippen LogP contribution >= 0.6 is 11.3 Å². The molecule has 0 fully saturated rings. The molecule has 0 spiro atoms. The fourth-order valence-corrected chi connectivity index (χ4v) is 2.01. The third kappa shape index (κ3) is 1.99. The molecule has 0 aliphatic rings. The Labute approximate surface area is 84.8 Å². The zero-order valence-corrected chi connectivity index (χ0v) is 8.15. The maximum absolute atomic E-state index is 13.2. The maximum Gasteiger partial charge on any atom is 0.126 e. The van der Waals surface area contributed by atoms with E-state index in [9.17, 15) is 8.78 Å². The number of thiophene rings is 1. The molecule has 0 aliphatic heterocycles. The van der Waals surface area contributed by atoms with E-state index in [1.807, 2.05) is 17.5 Å². The fraction of sp³-hybridized carbons (Fsp3) is 0.0909. The van der Waals surface area contributed by atoms with Gasteiger partial charge in [0.2, 0.25) is 0 Å². The van der Waals surface area contributed by atoms with Gasteiger partial charge in [0.25, 0.3) is 0 Å². The van der Waals surface area contributed by atoms with Gasteiger partial charge in [-0.25, -0.2) is 8.78 Å². The van der Waals surface area contributed by atoms with Crippen molar-refractivity contribution in [3.63, 3.8) is 0 Å². The molecule has 1 aromatic carbocycles. The Morgan fingerprint density at radius 1 is 1.14 bits per heavy atom. The molecule has 1 heterocycles. The van der Waals surface area contributed by atoms with Crippen LogP contribution in [0.4, 0.5) is 8.78 Å². The van der Waals surface area contributed by atoms with Crippen molar-refractivity contribution in [1.82, 2.24) is 0 Å². The van der Waals surface area contributed by atoms with Gasteiger partial charge >= 0.3 is 0 Å². The Bertz CT molecular complexity index is 421. The van der Waals surface area contributed by atoms with E-state index in [1.165, 1.54) is 6.07 Å². The summed E-state index contributed by atoms with van der Waals surface area (Å²) in [4.78, 5) is 1.04. The van der Waals surface area contributed by atoms with Crippen LogP contribution < -0.4 is 0 Å². The normalized spacial score (nSPS) is 10.4. The smallest absolute Gasteiger partial charge is 0.126 e. The van der Waals surface area contributed by atoms with Crippen LogP contribution in [0.25, 0.3) is 0 Å². The lowest BCUT2D eigenvalue weighted by Crippen LogP contribution is -1.91. The van der Waals surface area contributed by atoms with Gasteiger partial charge in [-0.1, -0.05) is 6.07 Å². The standard InChI is InChI=1S/C11H8F2S/c12-9-3-4-11(13)8(6-9)7-10-2-1-5-14-10/h1-6H,7H2. The molecule has 0 bridgehead atoms. The van der Waals surface area contributed by atoms with E-state index >= 15 is 0 Å². The summed E-state index contributed by atoms with van der Waals surface area (Å²) in [5.41, 5.74) is 0.410. The van der Waals surface area contributed by atoms with Crippen LogP contribution in [-0.4, -0.2) is 0 Å². The number of hydrogen-bond acceptors (Lipinski definition) is 1. The lowest BCUT2D eigenvalue weighted by molar-refractivity contribution is 0.589. The van der Waals surface area contributed by atoms with E-state index in [1.54, 1.807) is 11.3 Å². The minimum Gasteiger partial charge on any atom is -0.207 e. The molecule has 72 valence electrons. The van der Waals surface area contributed by atoms with E-state index in [-0.39, 0.29) is 5.82 Å². The average Bonchev–Trinajstić information content (AvgIpc) is 2.64. The number of benzene rings is 1. The molecule has 0 N–H and O–H groups in total. The zero-order valence-electron chi connectivity index (χ0n) is 7.34. The van der Waals surface area contributed by atoms with Crippen molar-refractivity contribution < 1.29 is 8.78 Å². The first kappa shape index (κ1) is 9.34. The first-order valence-electron chi connectivity index (χ1n) is 4.22. The zero-order chi connectivity index (χ0) is 9.97. The summed E-state index contributed by atoms with van der Waals surface area (Å²) in [6, 6.07) is 7.35. The molecule has 0 saturated heterocycles. The highest BCUT2D eigenvalue weighted by atomic mass is 32.1. The molecular weight excluding hydrogens is 202 g/mol. The first-order valence-corrected chi connectivity index (χ1v) is 5.10. The third-order valence-electron chi connectivity index (χ3n) is 1.95. The van der Waals surface area contributed by atoms with E-state index in [2.05, 4.69) is 0 Å². The first-order chi connectivity index (χ1) is 6.75. The molecule has 0 saturated carbocycles. The number of rotatable bonds is 2. The molecule has 0 nitrogen and oxygen atoms in total. The van der Waals surface area contributed by atoms with Gasteiger partial charge in [-0.05, 0) is 35.2 Å². The van der Waals surface area contributed by atoms with Crippen LogP contribution in [-0.2, 0) is 6.42 Å². The van der Waals surface area contributed by atoms with Crippen LogP contribution in [0.1, 0.15) is 10.4 Å². The lowest BCUT2D eigenvalue weighted by atomic mass is 10.1. The molecule has 0 radical (unpaired) electrons. The quantitative estimate of drug-likeness (QED) is 0.710. The van der Waals surface area contributed by atoms with E-state index in [0.717, 1.165) is 17.0 Å². The Morgan fingerprint density at radius 3 is 2.71 bits per heavy atom. The van der Waals surface area contributed by atoms with Crippen molar-refractivity contribution in [3.8, 4) is 0 Å². The van der Waals surface area contributed by atoms with Gasteiger partial charge in [0, 0.05) is 11.3 Å². The highest BCUT2D eigenvalue weighted by Crippen LogP contribution is 2.17. The summed E-state index contributed by atoms with van der Waals surface area (Å²) in [7, 11) is 0. The van der Waals surface area contributed by atoms with Crippen LogP contribution in [0.3, 0.4) is 0 Å². The molecule has 0 unspecified atom stereocenters. The topological polar surface area (TPSA) is 0 Å². The van der Waals surface area contributed by atoms with E-state index < -0.39 is 5.82 Å². The molecule has 0 aliphatic carbocycles. The van der Waals surface area contributed by atoms with Gasteiger partial charge in [-0.2, -0.15) is 0 Å². The number of hydrogen-bond donors (Lipinski definition) is 0. The summed E-state index contributed by atoms with van der Waals surface area (Å²) >= 11 is 1.54. The van der Waals surface area contributed by atoms with Crippen molar-refractivity contribution in [2.45, 2.75) is 6.42 Å². The minimum absolute atomic E-state index is 0.347. The summed E-state index contributed by atoms with van der Waals surface area (Å²) in [5.74, 6) is -0.738. The van der Waals surface area contributed by atoms with Gasteiger partial charge in [-0.3, -0.25) is 0 Å². The van der Waals surface area contributed by atoms with Crippen molar-refractivity contribution in [2.24, 2.45) is 0 Å². The second kappa shape index (κ2) is 3.88. The lowest BCUT2D eigenvalue weighted by Gasteiger charge is -2.00. The fourth-order valence-electron chi connectivity index (χ4n) is 1.28. The molecule has 3 heteroatoms. The number of halogens is 2. The molecule has 0 amide bonds. The molecule has 2 aromatic rings. The summed E-state index contributed by atoms with van der Waals surface area (Å²) in [5, 5.41) is 1.92. The van der Waals surface area contributed by atoms with Crippen LogP contribution in [0.5, 0.6) is 0 Å². The van der Waals surface area contributed by atoms with E-state index in [0.29, 0.717) is 12.0 Å². The highest BCUT2D eigenvalue weighted by Gasteiger charge is 2.05. The van der Waals surface area contributed by atoms with E-state index in [4.69, 9.17) is 0 Å². The Morgan fingerprint density at radius 2 is 2.00 bits per heavy atom. The third-order valence-corrected chi connectivity index (χ3v) is 2.83. The SMILES string of the molecule is Fc1ccc(F)c(Cc2cccs2)c1. The van der Waals surface area contributed by atoms with Crippen molar-refractivity contribution >= 4 is 11.3 Å².